The topological polar surface area (TPSA) is 102 Å². The van der Waals surface area contributed by atoms with E-state index in [2.05, 4.69) is 30.0 Å². The molecule has 8 nitrogen and oxygen atoms in total. The molecule has 1 amide bonds. The van der Waals surface area contributed by atoms with Gasteiger partial charge in [-0.2, -0.15) is 8.78 Å². The molecule has 11 heteroatoms. The van der Waals surface area contributed by atoms with Crippen LogP contribution in [0.1, 0.15) is 46.6 Å². The highest BCUT2D eigenvalue weighted by atomic mass is 19.3. The van der Waals surface area contributed by atoms with Gasteiger partial charge in [-0.25, -0.2) is 19.3 Å². The van der Waals surface area contributed by atoms with E-state index in [0.29, 0.717) is 42.6 Å². The van der Waals surface area contributed by atoms with E-state index in [0.717, 1.165) is 17.6 Å². The summed E-state index contributed by atoms with van der Waals surface area (Å²) in [6, 6.07) is 0. The number of halogens is 3. The zero-order chi connectivity index (χ0) is 23.5. The van der Waals surface area contributed by atoms with Gasteiger partial charge in [0.2, 0.25) is 5.88 Å². The number of fused-ring (bicyclic) bond motifs is 5. The molecule has 0 fully saturated rings. The predicted octanol–water partition coefficient (Wildman–Crippen LogP) is 3.95. The van der Waals surface area contributed by atoms with Crippen molar-refractivity contribution in [3.05, 3.63) is 52.5 Å². The molecule has 1 aliphatic carbocycles. The number of ether oxygens (including phenoxy) is 2. The number of aromatic amines is 1. The second kappa shape index (κ2) is 9.57. The molecule has 0 atom stereocenters. The number of nitrogens with one attached hydrogen (secondary N) is 2. The lowest BCUT2D eigenvalue weighted by Crippen LogP contribution is -2.32. The summed E-state index contributed by atoms with van der Waals surface area (Å²) in [5, 5.41) is 2.81. The van der Waals surface area contributed by atoms with Gasteiger partial charge >= 0.3 is 6.61 Å². The first-order chi connectivity index (χ1) is 16.0. The van der Waals surface area contributed by atoms with E-state index in [1.807, 2.05) is 13.8 Å². The summed E-state index contributed by atoms with van der Waals surface area (Å²) in [6.07, 6.45) is 5.64. The highest BCUT2D eigenvalue weighted by Gasteiger charge is 2.32. The molecule has 0 bridgehead atoms. The number of hydrogen-bond acceptors (Lipinski definition) is 6. The van der Waals surface area contributed by atoms with Gasteiger partial charge in [0.25, 0.3) is 11.8 Å². The van der Waals surface area contributed by atoms with Gasteiger partial charge in [-0.15, -0.1) is 0 Å². The van der Waals surface area contributed by atoms with Crippen molar-refractivity contribution in [3.63, 3.8) is 0 Å². The van der Waals surface area contributed by atoms with E-state index in [-0.39, 0.29) is 28.8 Å². The number of amides is 1. The first-order valence-corrected chi connectivity index (χ1v) is 10.6. The van der Waals surface area contributed by atoms with Crippen molar-refractivity contribution >= 4 is 5.91 Å². The van der Waals surface area contributed by atoms with Gasteiger partial charge < -0.3 is 19.8 Å². The second-order valence-corrected chi connectivity index (χ2v) is 7.14. The van der Waals surface area contributed by atoms with E-state index < -0.39 is 19.0 Å². The summed E-state index contributed by atoms with van der Waals surface area (Å²) < 4.78 is 50.1. The highest BCUT2D eigenvalue weighted by Crippen LogP contribution is 2.41. The van der Waals surface area contributed by atoms with E-state index in [4.69, 9.17) is 4.74 Å². The molecule has 0 saturated carbocycles. The number of aryl methyl sites for hydroxylation is 1. The minimum atomic E-state index is -2.99. The van der Waals surface area contributed by atoms with Gasteiger partial charge in [-0.05, 0) is 24.0 Å². The lowest BCUT2D eigenvalue weighted by Gasteiger charge is -2.19. The van der Waals surface area contributed by atoms with Crippen LogP contribution in [0.15, 0.2) is 18.7 Å². The van der Waals surface area contributed by atoms with Crippen LogP contribution in [0.25, 0.3) is 11.3 Å². The predicted molar refractivity (Wildman–Crippen MR) is 112 cm³/mol. The third kappa shape index (κ3) is 4.28. The van der Waals surface area contributed by atoms with E-state index in [1.165, 1.54) is 12.4 Å². The Morgan fingerprint density at radius 2 is 1.91 bits per heavy atom. The molecular weight excluding hydrogens is 439 g/mol. The van der Waals surface area contributed by atoms with Gasteiger partial charge in [0.05, 0.1) is 23.4 Å². The van der Waals surface area contributed by atoms with Crippen molar-refractivity contribution in [1.29, 1.82) is 0 Å². The van der Waals surface area contributed by atoms with Crippen molar-refractivity contribution in [2.24, 2.45) is 0 Å². The minimum absolute atomic E-state index is 0.120. The van der Waals surface area contributed by atoms with Crippen LogP contribution in [0, 0.1) is 5.82 Å². The van der Waals surface area contributed by atoms with Gasteiger partial charge in [-0.3, -0.25) is 4.79 Å². The summed E-state index contributed by atoms with van der Waals surface area (Å²) in [5.74, 6) is -1.39. The highest BCUT2D eigenvalue weighted by molar-refractivity contribution is 6.00. The standard InChI is InChI=1S/C20H16F3N5O3.C2H6/c21-15-13-9(1-2-11-14-12(28-16(11)13)3-4-25-17(14)29)6-26-19(15)31-18-10(5-24-8-27-18)7-30-20(22)23;1-2/h5-6,8,20,28H,1-4,7H2,(H,25,29);1-2H3. The van der Waals surface area contributed by atoms with Crippen molar-refractivity contribution in [2.45, 2.75) is 46.3 Å². The Balaban J connectivity index is 0.00000126. The zero-order valence-electron chi connectivity index (χ0n) is 18.0. The van der Waals surface area contributed by atoms with Crippen LogP contribution in [-0.4, -0.2) is 39.0 Å². The first-order valence-electron chi connectivity index (χ1n) is 10.6. The number of nitrogens with zero attached hydrogens (tertiary/aromatic N) is 3. The molecule has 0 radical (unpaired) electrons. The molecule has 4 heterocycles. The largest absolute Gasteiger partial charge is 0.417 e. The van der Waals surface area contributed by atoms with E-state index in [9.17, 15) is 13.6 Å². The molecule has 3 aromatic heterocycles. The molecule has 3 aromatic rings. The fraction of sp³-hybridized carbons (Fsp3) is 0.364. The Morgan fingerprint density at radius 3 is 2.70 bits per heavy atom. The fourth-order valence-electron chi connectivity index (χ4n) is 3.99. The SMILES string of the molecule is CC.O=C1NCCc2[nH]c3c(c21)CCc1cnc(Oc2ncncc2COC(F)F)c(F)c1-3. The number of alkyl halides is 2. The third-order valence-corrected chi connectivity index (χ3v) is 5.33. The molecule has 2 aliphatic rings. The van der Waals surface area contributed by atoms with Crippen molar-refractivity contribution in [2.75, 3.05) is 6.54 Å². The van der Waals surface area contributed by atoms with Crippen LogP contribution >= 0.6 is 0 Å². The van der Waals surface area contributed by atoms with Crippen molar-refractivity contribution in [1.82, 2.24) is 25.3 Å². The maximum Gasteiger partial charge on any atom is 0.345 e. The average Bonchev–Trinajstić information content (AvgIpc) is 3.21. The molecule has 2 N–H and O–H groups in total. The number of carbonyl (C=O) groups is 1. The van der Waals surface area contributed by atoms with Crippen LogP contribution < -0.4 is 10.1 Å². The minimum Gasteiger partial charge on any atom is -0.417 e. The van der Waals surface area contributed by atoms with E-state index >= 15 is 4.39 Å². The molecule has 0 saturated heterocycles. The third-order valence-electron chi connectivity index (χ3n) is 5.33. The Labute approximate surface area is 187 Å². The van der Waals surface area contributed by atoms with Crippen molar-refractivity contribution < 1.29 is 27.4 Å². The Kier molecular flexibility index (Phi) is 6.59. The average molecular weight is 461 g/mol. The van der Waals surface area contributed by atoms with Gasteiger partial charge in [0, 0.05) is 36.6 Å². The molecule has 33 heavy (non-hydrogen) atoms. The van der Waals surface area contributed by atoms with Crippen LogP contribution in [0.5, 0.6) is 11.8 Å². The molecule has 0 unspecified atom stereocenters. The van der Waals surface area contributed by atoms with Gasteiger partial charge in [0.15, 0.2) is 5.82 Å². The normalized spacial score (nSPS) is 13.9. The van der Waals surface area contributed by atoms with Crippen LogP contribution in [0.2, 0.25) is 0 Å². The summed E-state index contributed by atoms with van der Waals surface area (Å²) >= 11 is 0. The van der Waals surface area contributed by atoms with Gasteiger partial charge in [0.1, 0.15) is 6.33 Å². The molecule has 0 spiro atoms. The number of H-pyrrole nitrogens is 1. The van der Waals surface area contributed by atoms with Crippen LogP contribution in [-0.2, 0) is 30.6 Å². The number of hydrogen-bond donors (Lipinski definition) is 2. The summed E-state index contributed by atoms with van der Waals surface area (Å²) in [5.41, 5.74) is 3.75. The molecule has 174 valence electrons. The maximum absolute atomic E-state index is 15.5. The molecule has 1 aliphatic heterocycles. The summed E-state index contributed by atoms with van der Waals surface area (Å²) in [7, 11) is 0. The quantitative estimate of drug-likeness (QED) is 0.597. The lowest BCUT2D eigenvalue weighted by atomic mass is 9.88. The van der Waals surface area contributed by atoms with E-state index in [1.54, 1.807) is 0 Å². The summed E-state index contributed by atoms with van der Waals surface area (Å²) in [4.78, 5) is 27.2. The number of carbonyl (C=O) groups excluding carboxylic acids is 1. The fourth-order valence-corrected chi connectivity index (χ4v) is 3.99. The van der Waals surface area contributed by atoms with Crippen LogP contribution in [0.3, 0.4) is 0 Å². The van der Waals surface area contributed by atoms with Crippen LogP contribution in [0.4, 0.5) is 13.2 Å². The number of aromatic nitrogens is 4. The number of rotatable bonds is 5. The molecular formula is C22H22F3N5O3. The zero-order valence-corrected chi connectivity index (χ0v) is 18.0. The van der Waals surface area contributed by atoms with Crippen molar-refractivity contribution in [3.8, 4) is 23.0 Å². The molecule has 5 rings (SSSR count). The molecule has 0 aromatic carbocycles. The number of pyridine rings is 1. The Bertz CT molecular complexity index is 1180. The maximum atomic E-state index is 15.5. The van der Waals surface area contributed by atoms with Gasteiger partial charge in [-0.1, -0.05) is 13.8 Å². The Morgan fingerprint density at radius 1 is 1.09 bits per heavy atom. The smallest absolute Gasteiger partial charge is 0.345 e. The second-order valence-electron chi connectivity index (χ2n) is 7.14. The summed E-state index contributed by atoms with van der Waals surface area (Å²) in [6.45, 7) is 1.02. The lowest BCUT2D eigenvalue weighted by molar-refractivity contribution is -0.137. The Hall–Kier alpha value is -3.47. The monoisotopic (exact) mass is 461 g/mol. The first kappa shape index (κ1) is 22.7.